The number of nitro groups is 1. The van der Waals surface area contributed by atoms with E-state index < -0.39 is 4.92 Å². The number of benzene rings is 2. The summed E-state index contributed by atoms with van der Waals surface area (Å²) in [4.78, 5) is 23.4. The maximum absolute atomic E-state index is 12.4. The number of nitro benzene ring substituents is 1. The van der Waals surface area contributed by atoms with Gasteiger partial charge >= 0.3 is 0 Å². The van der Waals surface area contributed by atoms with Gasteiger partial charge in [-0.25, -0.2) is 0 Å². The van der Waals surface area contributed by atoms with Crippen LogP contribution in [-0.4, -0.2) is 30.0 Å². The fourth-order valence-corrected chi connectivity index (χ4v) is 3.24. The van der Waals surface area contributed by atoms with Gasteiger partial charge in [0.2, 0.25) is 0 Å². The lowest BCUT2D eigenvalue weighted by Crippen LogP contribution is -2.42. The Morgan fingerprint density at radius 1 is 1.22 bits per heavy atom. The van der Waals surface area contributed by atoms with Crippen LogP contribution in [0.3, 0.4) is 0 Å². The number of piperidine rings is 1. The average molecular weight is 389 g/mol. The highest BCUT2D eigenvalue weighted by Crippen LogP contribution is 2.27. The molecular weight excluding hydrogens is 368 g/mol. The lowest BCUT2D eigenvalue weighted by Gasteiger charge is -2.23. The average Bonchev–Trinajstić information content (AvgIpc) is 2.68. The Bertz CT molecular complexity index is 837. The molecule has 0 saturated carbocycles. The number of carbonyl (C=O) groups is 1. The number of halogens is 1. The summed E-state index contributed by atoms with van der Waals surface area (Å²) in [6.45, 7) is 2.06. The molecule has 3 N–H and O–H groups in total. The van der Waals surface area contributed by atoms with Crippen molar-refractivity contribution in [3.8, 4) is 0 Å². The van der Waals surface area contributed by atoms with E-state index in [-0.39, 0.29) is 23.2 Å². The highest BCUT2D eigenvalue weighted by molar-refractivity contribution is 6.31. The first-order valence-electron chi connectivity index (χ1n) is 8.82. The Labute approximate surface area is 162 Å². The molecule has 2 aromatic carbocycles. The molecular formula is C19H21ClN4O3. The molecule has 7 nitrogen and oxygen atoms in total. The van der Waals surface area contributed by atoms with Crippen molar-refractivity contribution < 1.29 is 9.72 Å². The smallest absolute Gasteiger partial charge is 0.293 e. The van der Waals surface area contributed by atoms with Crippen molar-refractivity contribution in [3.63, 3.8) is 0 Å². The minimum Gasteiger partial charge on any atom is -0.375 e. The van der Waals surface area contributed by atoms with E-state index in [4.69, 9.17) is 11.6 Å². The van der Waals surface area contributed by atoms with Gasteiger partial charge in [0.1, 0.15) is 5.69 Å². The maximum atomic E-state index is 12.4. The third-order valence-electron chi connectivity index (χ3n) is 4.56. The molecule has 1 aliphatic heterocycles. The lowest BCUT2D eigenvalue weighted by atomic mass is 10.1. The van der Waals surface area contributed by atoms with Gasteiger partial charge in [-0.3, -0.25) is 14.9 Å². The van der Waals surface area contributed by atoms with E-state index in [2.05, 4.69) is 16.0 Å². The number of rotatable bonds is 6. The quantitative estimate of drug-likeness (QED) is 0.521. The summed E-state index contributed by atoms with van der Waals surface area (Å²) in [6, 6.07) is 11.9. The SMILES string of the molecule is O=C(NC1CCNCC1)c1ccc(NCc2ccccc2Cl)c([N+](=O)[O-])c1. The number of hydrogen-bond donors (Lipinski definition) is 3. The molecule has 1 fully saturated rings. The standard InChI is InChI=1S/C19H21ClN4O3/c20-16-4-2-1-3-14(16)12-22-17-6-5-13(11-18(17)24(26)27)19(25)23-15-7-9-21-10-8-15/h1-6,11,15,21-22H,7-10,12H2,(H,23,25). The zero-order valence-corrected chi connectivity index (χ0v) is 15.5. The van der Waals surface area contributed by atoms with Gasteiger partial charge in [-0.1, -0.05) is 29.8 Å². The van der Waals surface area contributed by atoms with E-state index in [1.54, 1.807) is 18.2 Å². The van der Waals surface area contributed by atoms with Crippen LogP contribution in [0.4, 0.5) is 11.4 Å². The van der Waals surface area contributed by atoms with Crippen molar-refractivity contribution in [1.82, 2.24) is 10.6 Å². The van der Waals surface area contributed by atoms with Gasteiger partial charge in [-0.05, 0) is 49.7 Å². The van der Waals surface area contributed by atoms with Gasteiger partial charge in [0, 0.05) is 29.2 Å². The Kier molecular flexibility index (Phi) is 6.26. The van der Waals surface area contributed by atoms with Crippen LogP contribution in [0.2, 0.25) is 5.02 Å². The number of nitrogens with one attached hydrogen (secondary N) is 3. The molecule has 0 unspecified atom stereocenters. The largest absolute Gasteiger partial charge is 0.375 e. The molecule has 0 bridgehead atoms. The molecule has 8 heteroatoms. The van der Waals surface area contributed by atoms with Gasteiger partial charge < -0.3 is 16.0 Å². The number of carbonyl (C=O) groups excluding carboxylic acids is 1. The lowest BCUT2D eigenvalue weighted by molar-refractivity contribution is -0.384. The van der Waals surface area contributed by atoms with E-state index in [1.165, 1.54) is 6.07 Å². The Morgan fingerprint density at radius 3 is 2.67 bits per heavy atom. The zero-order valence-electron chi connectivity index (χ0n) is 14.7. The van der Waals surface area contributed by atoms with E-state index >= 15 is 0 Å². The molecule has 0 aromatic heterocycles. The van der Waals surface area contributed by atoms with Gasteiger partial charge in [0.25, 0.3) is 11.6 Å². The van der Waals surface area contributed by atoms with Crippen molar-refractivity contribution in [2.24, 2.45) is 0 Å². The minimum absolute atomic E-state index is 0.0934. The van der Waals surface area contributed by atoms with Crippen LogP contribution in [0, 0.1) is 10.1 Å². The summed E-state index contributed by atoms with van der Waals surface area (Å²) in [7, 11) is 0. The topological polar surface area (TPSA) is 96.3 Å². The van der Waals surface area contributed by atoms with Crippen molar-refractivity contribution in [3.05, 3.63) is 68.7 Å². The van der Waals surface area contributed by atoms with Gasteiger partial charge in [0.05, 0.1) is 4.92 Å². The van der Waals surface area contributed by atoms with E-state index in [1.807, 2.05) is 18.2 Å². The van der Waals surface area contributed by atoms with Gasteiger partial charge in [0.15, 0.2) is 0 Å². The second kappa shape index (κ2) is 8.83. The summed E-state index contributed by atoms with van der Waals surface area (Å²) in [5, 5.41) is 21.3. The van der Waals surface area contributed by atoms with E-state index in [9.17, 15) is 14.9 Å². The minimum atomic E-state index is -0.490. The number of nitrogens with zero attached hydrogens (tertiary/aromatic N) is 1. The molecule has 27 heavy (non-hydrogen) atoms. The summed E-state index contributed by atoms with van der Waals surface area (Å²) in [6.07, 6.45) is 1.70. The van der Waals surface area contributed by atoms with Crippen molar-refractivity contribution >= 4 is 28.9 Å². The first-order chi connectivity index (χ1) is 13.0. The normalized spacial score (nSPS) is 14.6. The predicted molar refractivity (Wildman–Crippen MR) is 105 cm³/mol. The van der Waals surface area contributed by atoms with Crippen LogP contribution in [-0.2, 0) is 6.54 Å². The molecule has 1 aliphatic rings. The first kappa shape index (κ1) is 19.1. The molecule has 1 amide bonds. The van der Waals surface area contributed by atoms with Crippen molar-refractivity contribution in [2.75, 3.05) is 18.4 Å². The van der Waals surface area contributed by atoms with Gasteiger partial charge in [-0.15, -0.1) is 0 Å². The van der Waals surface area contributed by atoms with Crippen molar-refractivity contribution in [1.29, 1.82) is 0 Å². The molecule has 142 valence electrons. The van der Waals surface area contributed by atoms with E-state index in [0.717, 1.165) is 31.5 Å². The highest BCUT2D eigenvalue weighted by atomic mass is 35.5. The molecule has 0 aliphatic carbocycles. The Morgan fingerprint density at radius 2 is 1.96 bits per heavy atom. The first-order valence-corrected chi connectivity index (χ1v) is 9.19. The second-order valence-electron chi connectivity index (χ2n) is 6.43. The highest BCUT2D eigenvalue weighted by Gasteiger charge is 2.20. The molecule has 0 atom stereocenters. The fraction of sp³-hybridized carbons (Fsp3) is 0.316. The predicted octanol–water partition coefficient (Wildman–Crippen LogP) is 3.34. The summed E-state index contributed by atoms with van der Waals surface area (Å²) >= 11 is 6.12. The molecule has 1 saturated heterocycles. The van der Waals surface area contributed by atoms with E-state index in [0.29, 0.717) is 17.3 Å². The van der Waals surface area contributed by atoms with Crippen LogP contribution < -0.4 is 16.0 Å². The summed E-state index contributed by atoms with van der Waals surface area (Å²) < 4.78 is 0. The number of hydrogen-bond acceptors (Lipinski definition) is 5. The zero-order chi connectivity index (χ0) is 19.2. The van der Waals surface area contributed by atoms with Gasteiger partial charge in [-0.2, -0.15) is 0 Å². The number of amides is 1. The second-order valence-corrected chi connectivity index (χ2v) is 6.84. The molecule has 2 aromatic rings. The summed E-state index contributed by atoms with van der Waals surface area (Å²) in [5.74, 6) is -0.289. The van der Waals surface area contributed by atoms with Crippen LogP contribution in [0.1, 0.15) is 28.8 Å². The summed E-state index contributed by atoms with van der Waals surface area (Å²) in [5.41, 5.74) is 1.32. The van der Waals surface area contributed by atoms with Crippen molar-refractivity contribution in [2.45, 2.75) is 25.4 Å². The third-order valence-corrected chi connectivity index (χ3v) is 4.93. The Balaban J connectivity index is 1.73. The van der Waals surface area contributed by atoms with Crippen LogP contribution in [0.5, 0.6) is 0 Å². The monoisotopic (exact) mass is 388 g/mol. The fourth-order valence-electron chi connectivity index (χ4n) is 3.04. The molecule has 1 heterocycles. The van der Waals surface area contributed by atoms with Crippen LogP contribution in [0.15, 0.2) is 42.5 Å². The Hall–Kier alpha value is -2.64. The molecule has 3 rings (SSSR count). The van der Waals surface area contributed by atoms with Crippen LogP contribution in [0.25, 0.3) is 0 Å². The molecule has 0 spiro atoms. The number of anilines is 1. The third kappa shape index (κ3) is 4.96. The molecule has 0 radical (unpaired) electrons. The van der Waals surface area contributed by atoms with Crippen LogP contribution >= 0.6 is 11.6 Å². The maximum Gasteiger partial charge on any atom is 0.293 e.